The molecule has 0 saturated heterocycles. The number of carbonyl (C=O) groups excluding carboxylic acids is 3. The molecule has 1 atom stereocenters. The minimum atomic E-state index is -0.764. The van der Waals surface area contributed by atoms with Crippen LogP contribution in [0, 0.1) is 0 Å². The van der Waals surface area contributed by atoms with E-state index >= 15 is 0 Å². The Hall–Kier alpha value is -1.85. The number of esters is 3. The van der Waals surface area contributed by atoms with Gasteiger partial charge in [0, 0.05) is 19.3 Å². The van der Waals surface area contributed by atoms with Gasteiger partial charge in [-0.3, -0.25) is 14.4 Å². The van der Waals surface area contributed by atoms with Gasteiger partial charge in [-0.25, -0.2) is 0 Å². The summed E-state index contributed by atoms with van der Waals surface area (Å²) >= 11 is 0. The third-order valence-electron chi connectivity index (χ3n) is 12.5. The van der Waals surface area contributed by atoms with E-state index in [0.717, 1.165) is 64.2 Å². The first-order chi connectivity index (χ1) is 30.5. The quantitative estimate of drug-likeness (QED) is 0.0262. The molecule has 1 unspecified atom stereocenters. The number of carbonyl (C=O) groups is 3. The van der Waals surface area contributed by atoms with Crippen LogP contribution in [0.3, 0.4) is 0 Å². The molecule has 0 aliphatic carbocycles. The molecule has 0 aliphatic rings. The fourth-order valence-corrected chi connectivity index (χ4v) is 8.32. The van der Waals surface area contributed by atoms with E-state index in [1.807, 2.05) is 0 Å². The van der Waals surface area contributed by atoms with Crippen molar-refractivity contribution in [2.45, 2.75) is 316 Å². The van der Waals surface area contributed by atoms with Gasteiger partial charge in [-0.15, -0.1) is 0 Å². The van der Waals surface area contributed by atoms with E-state index in [1.165, 1.54) is 205 Å². The van der Waals surface area contributed by atoms with Gasteiger partial charge in [0.25, 0.3) is 0 Å². The Bertz CT molecular complexity index is 962. The molecule has 0 fully saturated rings. The molecule has 0 spiro atoms. The van der Waals surface area contributed by atoms with Gasteiger partial charge in [0.2, 0.25) is 0 Å². The number of rotatable bonds is 51. The highest BCUT2D eigenvalue weighted by atomic mass is 16.6. The highest BCUT2D eigenvalue weighted by Gasteiger charge is 2.19. The van der Waals surface area contributed by atoms with E-state index in [0.29, 0.717) is 19.3 Å². The molecule has 6 heteroatoms. The summed E-state index contributed by atoms with van der Waals surface area (Å²) in [7, 11) is 0. The summed E-state index contributed by atoms with van der Waals surface area (Å²) in [4.78, 5) is 37.7. The fraction of sp³-hybridized carbons (Fsp3) is 0.911. The monoisotopic (exact) mass is 875 g/mol. The third-order valence-corrected chi connectivity index (χ3v) is 12.5. The van der Waals surface area contributed by atoms with Crippen molar-refractivity contribution in [1.29, 1.82) is 0 Å². The van der Waals surface area contributed by atoms with Crippen LogP contribution in [0.2, 0.25) is 0 Å². The van der Waals surface area contributed by atoms with E-state index in [1.54, 1.807) is 0 Å². The first-order valence-electron chi connectivity index (χ1n) is 27.7. The highest BCUT2D eigenvalue weighted by molar-refractivity contribution is 5.71. The van der Waals surface area contributed by atoms with E-state index in [4.69, 9.17) is 14.2 Å². The van der Waals surface area contributed by atoms with Crippen LogP contribution in [-0.4, -0.2) is 37.2 Å². The van der Waals surface area contributed by atoms with Gasteiger partial charge >= 0.3 is 17.9 Å². The SMILES string of the molecule is CCCCCCCC/C=C\CCCCCCCCCC(=O)OC(COC(=O)CCCCCCC)COC(=O)CCCCCCCCCCCCCCCCCCCCCCCC. The molecule has 0 bridgehead atoms. The summed E-state index contributed by atoms with van der Waals surface area (Å²) in [6.07, 6.45) is 58.2. The summed E-state index contributed by atoms with van der Waals surface area (Å²) in [5, 5.41) is 0. The zero-order valence-corrected chi connectivity index (χ0v) is 41.9. The largest absolute Gasteiger partial charge is 0.462 e. The minimum absolute atomic E-state index is 0.0676. The van der Waals surface area contributed by atoms with Crippen LogP contribution in [0.4, 0.5) is 0 Å². The molecule has 0 aromatic rings. The second-order valence-electron chi connectivity index (χ2n) is 18.9. The van der Waals surface area contributed by atoms with Gasteiger partial charge in [0.05, 0.1) is 0 Å². The van der Waals surface area contributed by atoms with Gasteiger partial charge in [-0.2, -0.15) is 0 Å². The van der Waals surface area contributed by atoms with Crippen molar-refractivity contribution in [2.24, 2.45) is 0 Å². The molecule has 0 aromatic carbocycles. The van der Waals surface area contributed by atoms with E-state index < -0.39 is 6.10 Å². The van der Waals surface area contributed by atoms with Gasteiger partial charge in [0.15, 0.2) is 6.10 Å². The summed E-state index contributed by atoms with van der Waals surface area (Å²) in [6, 6.07) is 0. The average molecular weight is 875 g/mol. The summed E-state index contributed by atoms with van der Waals surface area (Å²) in [5.41, 5.74) is 0. The Balaban J connectivity index is 4.05. The minimum Gasteiger partial charge on any atom is -0.462 e. The summed E-state index contributed by atoms with van der Waals surface area (Å²) in [5.74, 6) is -0.868. The van der Waals surface area contributed by atoms with Crippen LogP contribution in [0.5, 0.6) is 0 Å². The molecule has 0 saturated carbocycles. The number of ether oxygens (including phenoxy) is 3. The lowest BCUT2D eigenvalue weighted by molar-refractivity contribution is -0.167. The Morgan fingerprint density at radius 1 is 0.306 bits per heavy atom. The molecule has 366 valence electrons. The molecule has 0 aromatic heterocycles. The number of hydrogen-bond acceptors (Lipinski definition) is 6. The first-order valence-corrected chi connectivity index (χ1v) is 27.7. The molecule has 0 rings (SSSR count). The highest BCUT2D eigenvalue weighted by Crippen LogP contribution is 2.17. The molecule has 0 aliphatic heterocycles. The molecule has 6 nitrogen and oxygen atoms in total. The standard InChI is InChI=1S/C56H106O6/c1-4-7-10-13-15-17-19-21-23-25-26-27-28-29-31-32-34-36-38-40-43-46-49-55(58)61-52-53(51-60-54(57)48-45-42-12-9-6-3)62-56(59)50-47-44-41-39-37-35-33-30-24-22-20-18-16-14-11-8-5-2/h22,24,53H,4-21,23,25-52H2,1-3H3/b24-22-. The van der Waals surface area contributed by atoms with E-state index in [9.17, 15) is 14.4 Å². The van der Waals surface area contributed by atoms with Crippen LogP contribution < -0.4 is 0 Å². The molecule has 62 heavy (non-hydrogen) atoms. The normalized spacial score (nSPS) is 12.0. The van der Waals surface area contributed by atoms with Gasteiger partial charge in [-0.1, -0.05) is 258 Å². The smallest absolute Gasteiger partial charge is 0.306 e. The Kier molecular flexibility index (Phi) is 50.2. The number of hydrogen-bond donors (Lipinski definition) is 0. The Labute approximate surface area is 386 Å². The van der Waals surface area contributed by atoms with Crippen molar-refractivity contribution in [3.8, 4) is 0 Å². The molecule has 0 amide bonds. The molecule has 0 radical (unpaired) electrons. The van der Waals surface area contributed by atoms with E-state index in [2.05, 4.69) is 32.9 Å². The van der Waals surface area contributed by atoms with Crippen molar-refractivity contribution < 1.29 is 28.6 Å². The average Bonchev–Trinajstić information content (AvgIpc) is 3.27. The number of allylic oxidation sites excluding steroid dienone is 2. The van der Waals surface area contributed by atoms with Crippen molar-refractivity contribution in [2.75, 3.05) is 13.2 Å². The van der Waals surface area contributed by atoms with Crippen molar-refractivity contribution in [3.05, 3.63) is 12.2 Å². The van der Waals surface area contributed by atoms with Crippen LogP contribution in [0.1, 0.15) is 310 Å². The van der Waals surface area contributed by atoms with Gasteiger partial charge in [-0.05, 0) is 44.9 Å². The first kappa shape index (κ1) is 60.2. The molecular weight excluding hydrogens is 769 g/mol. The van der Waals surface area contributed by atoms with Crippen LogP contribution in [-0.2, 0) is 28.6 Å². The Morgan fingerprint density at radius 3 is 0.806 bits per heavy atom. The maximum atomic E-state index is 12.7. The van der Waals surface area contributed by atoms with Crippen molar-refractivity contribution >= 4 is 17.9 Å². The van der Waals surface area contributed by atoms with Crippen LogP contribution in [0.15, 0.2) is 12.2 Å². The topological polar surface area (TPSA) is 78.9 Å². The predicted octanol–water partition coefficient (Wildman–Crippen LogP) is 18.2. The van der Waals surface area contributed by atoms with Gasteiger partial charge < -0.3 is 14.2 Å². The van der Waals surface area contributed by atoms with Crippen LogP contribution >= 0.6 is 0 Å². The van der Waals surface area contributed by atoms with E-state index in [-0.39, 0.29) is 31.1 Å². The maximum absolute atomic E-state index is 12.7. The fourth-order valence-electron chi connectivity index (χ4n) is 8.32. The van der Waals surface area contributed by atoms with Crippen LogP contribution in [0.25, 0.3) is 0 Å². The molecule has 0 N–H and O–H groups in total. The molecular formula is C56H106O6. The lowest BCUT2D eigenvalue weighted by atomic mass is 10.0. The van der Waals surface area contributed by atoms with Crippen molar-refractivity contribution in [1.82, 2.24) is 0 Å². The molecule has 0 heterocycles. The zero-order chi connectivity index (χ0) is 45.1. The lowest BCUT2D eigenvalue weighted by Crippen LogP contribution is -2.30. The lowest BCUT2D eigenvalue weighted by Gasteiger charge is -2.18. The zero-order valence-electron chi connectivity index (χ0n) is 41.9. The predicted molar refractivity (Wildman–Crippen MR) is 266 cm³/mol. The van der Waals surface area contributed by atoms with Gasteiger partial charge in [0.1, 0.15) is 13.2 Å². The summed E-state index contributed by atoms with van der Waals surface area (Å²) in [6.45, 7) is 6.59. The van der Waals surface area contributed by atoms with Crippen molar-refractivity contribution in [3.63, 3.8) is 0 Å². The summed E-state index contributed by atoms with van der Waals surface area (Å²) < 4.78 is 16.7. The number of unbranched alkanes of at least 4 members (excludes halogenated alkanes) is 38. The maximum Gasteiger partial charge on any atom is 0.306 e. The second-order valence-corrected chi connectivity index (χ2v) is 18.9. The Morgan fingerprint density at radius 2 is 0.532 bits per heavy atom. The third kappa shape index (κ3) is 49.2. The second kappa shape index (κ2) is 51.8.